The van der Waals surface area contributed by atoms with Crippen molar-refractivity contribution < 1.29 is 19.2 Å². The van der Waals surface area contributed by atoms with Gasteiger partial charge in [0.2, 0.25) is 0 Å². The van der Waals surface area contributed by atoms with Gasteiger partial charge in [-0.25, -0.2) is 4.79 Å². The molecule has 124 valence electrons. The van der Waals surface area contributed by atoms with Crippen LogP contribution in [0.3, 0.4) is 0 Å². The number of para-hydroxylation sites is 1. The fourth-order valence-electron chi connectivity index (χ4n) is 3.16. The number of hydrogen-bond acceptors (Lipinski definition) is 4. The van der Waals surface area contributed by atoms with Gasteiger partial charge in [0.25, 0.3) is 11.8 Å². The summed E-state index contributed by atoms with van der Waals surface area (Å²) in [5, 5.41) is 1.25. The molecular formula is C19H14N2O4. The van der Waals surface area contributed by atoms with Crippen LogP contribution in [0, 0.1) is 6.92 Å². The fourth-order valence-corrected chi connectivity index (χ4v) is 3.16. The molecule has 0 fully saturated rings. The Morgan fingerprint density at radius 2 is 1.48 bits per heavy atom. The number of hydrogen-bond donors (Lipinski definition) is 0. The van der Waals surface area contributed by atoms with Crippen molar-refractivity contribution in [1.82, 2.24) is 9.63 Å². The second-order valence-electron chi connectivity index (χ2n) is 5.87. The zero-order chi connectivity index (χ0) is 17.7. The minimum absolute atomic E-state index is 0.231. The third-order valence-electron chi connectivity index (χ3n) is 4.53. The predicted molar refractivity (Wildman–Crippen MR) is 90.0 cm³/mol. The molecule has 2 heterocycles. The largest absolute Gasteiger partial charge is 0.366 e. The molecule has 3 aromatic rings. The molecule has 2 amide bonds. The van der Waals surface area contributed by atoms with Gasteiger partial charge in [-0.15, -0.1) is 0 Å². The van der Waals surface area contributed by atoms with E-state index in [0.29, 0.717) is 21.7 Å². The number of aryl methyl sites for hydroxylation is 1. The number of carbonyl (C=O) groups is 3. The van der Waals surface area contributed by atoms with Crippen molar-refractivity contribution in [2.75, 3.05) is 0 Å². The minimum Gasteiger partial charge on any atom is -0.347 e. The van der Waals surface area contributed by atoms with Crippen LogP contribution in [0.1, 0.15) is 36.8 Å². The van der Waals surface area contributed by atoms with Crippen molar-refractivity contribution in [3.05, 3.63) is 70.9 Å². The van der Waals surface area contributed by atoms with E-state index in [2.05, 4.69) is 0 Å². The summed E-state index contributed by atoms with van der Waals surface area (Å²) in [7, 11) is 1.84. The number of imide groups is 1. The van der Waals surface area contributed by atoms with Gasteiger partial charge in [0.05, 0.1) is 16.7 Å². The molecule has 1 aliphatic rings. The number of amides is 2. The molecule has 1 aromatic heterocycles. The first-order valence-corrected chi connectivity index (χ1v) is 7.75. The van der Waals surface area contributed by atoms with Gasteiger partial charge in [-0.1, -0.05) is 35.4 Å². The lowest BCUT2D eigenvalue weighted by Gasteiger charge is -2.12. The summed E-state index contributed by atoms with van der Waals surface area (Å²) < 4.78 is 1.87. The topological polar surface area (TPSA) is 68.6 Å². The number of benzene rings is 2. The van der Waals surface area contributed by atoms with E-state index in [9.17, 15) is 14.4 Å². The summed E-state index contributed by atoms with van der Waals surface area (Å²) in [5.74, 6) is -2.00. The van der Waals surface area contributed by atoms with Crippen LogP contribution in [0.5, 0.6) is 0 Å². The van der Waals surface area contributed by atoms with E-state index in [4.69, 9.17) is 4.84 Å². The highest BCUT2D eigenvalue weighted by atomic mass is 16.7. The number of fused-ring (bicyclic) bond motifs is 2. The third kappa shape index (κ3) is 2.07. The number of aromatic nitrogens is 1. The van der Waals surface area contributed by atoms with Crippen molar-refractivity contribution in [2.24, 2.45) is 7.05 Å². The molecule has 2 aromatic carbocycles. The summed E-state index contributed by atoms with van der Waals surface area (Å²) >= 11 is 0. The van der Waals surface area contributed by atoms with Gasteiger partial charge in [-0.2, -0.15) is 0 Å². The standard InChI is InChI=1S/C19H14N2O4/c1-11-16(14-9-5-6-10-15(14)20(11)2)19(24)25-21-17(22)12-7-3-4-8-13(12)18(21)23/h3-10H,1-2H3. The highest BCUT2D eigenvalue weighted by Crippen LogP contribution is 2.28. The Kier molecular flexibility index (Phi) is 3.21. The van der Waals surface area contributed by atoms with E-state index < -0.39 is 17.8 Å². The Labute approximate surface area is 143 Å². The molecule has 0 saturated heterocycles. The van der Waals surface area contributed by atoms with E-state index in [-0.39, 0.29) is 11.1 Å². The van der Waals surface area contributed by atoms with Gasteiger partial charge in [-0.3, -0.25) is 9.59 Å². The van der Waals surface area contributed by atoms with Gasteiger partial charge < -0.3 is 9.40 Å². The first-order chi connectivity index (χ1) is 12.0. The third-order valence-corrected chi connectivity index (χ3v) is 4.53. The smallest absolute Gasteiger partial charge is 0.347 e. The van der Waals surface area contributed by atoms with E-state index in [1.807, 2.05) is 29.8 Å². The van der Waals surface area contributed by atoms with E-state index in [1.54, 1.807) is 25.1 Å². The molecule has 0 unspecified atom stereocenters. The Bertz CT molecular complexity index is 1030. The molecule has 0 bridgehead atoms. The monoisotopic (exact) mass is 334 g/mol. The Balaban J connectivity index is 1.72. The zero-order valence-corrected chi connectivity index (χ0v) is 13.6. The highest BCUT2D eigenvalue weighted by Gasteiger charge is 2.39. The molecule has 4 rings (SSSR count). The van der Waals surface area contributed by atoms with Crippen LogP contribution in [0.2, 0.25) is 0 Å². The molecule has 25 heavy (non-hydrogen) atoms. The number of carbonyl (C=O) groups excluding carboxylic acids is 3. The van der Waals surface area contributed by atoms with Gasteiger partial charge in [0.1, 0.15) is 0 Å². The molecule has 0 spiro atoms. The number of nitrogens with zero attached hydrogens (tertiary/aromatic N) is 2. The van der Waals surface area contributed by atoms with Gasteiger partial charge in [0.15, 0.2) is 0 Å². The molecular weight excluding hydrogens is 320 g/mol. The lowest BCUT2D eigenvalue weighted by Crippen LogP contribution is -2.32. The maximum Gasteiger partial charge on any atom is 0.366 e. The summed E-state index contributed by atoms with van der Waals surface area (Å²) in [6.07, 6.45) is 0. The molecule has 6 nitrogen and oxygen atoms in total. The summed E-state index contributed by atoms with van der Waals surface area (Å²) in [6, 6.07) is 13.8. The van der Waals surface area contributed by atoms with Gasteiger partial charge in [0, 0.05) is 23.6 Å². The Morgan fingerprint density at radius 3 is 2.12 bits per heavy atom. The van der Waals surface area contributed by atoms with Gasteiger partial charge in [-0.05, 0) is 25.1 Å². The van der Waals surface area contributed by atoms with Crippen molar-refractivity contribution in [2.45, 2.75) is 6.92 Å². The molecule has 0 atom stereocenters. The van der Waals surface area contributed by atoms with Crippen LogP contribution in [-0.4, -0.2) is 27.4 Å². The lowest BCUT2D eigenvalue weighted by atomic mass is 10.1. The maximum absolute atomic E-state index is 12.7. The maximum atomic E-state index is 12.7. The normalized spacial score (nSPS) is 13.4. The van der Waals surface area contributed by atoms with Crippen LogP contribution in [0.4, 0.5) is 0 Å². The average molecular weight is 334 g/mol. The summed E-state index contributed by atoms with van der Waals surface area (Å²) in [4.78, 5) is 42.6. The zero-order valence-electron chi connectivity index (χ0n) is 13.6. The molecule has 1 aliphatic heterocycles. The molecule has 0 N–H and O–H groups in total. The first kappa shape index (κ1) is 15.1. The van der Waals surface area contributed by atoms with Gasteiger partial charge >= 0.3 is 5.97 Å². The minimum atomic E-state index is -0.733. The van der Waals surface area contributed by atoms with E-state index >= 15 is 0 Å². The fraction of sp³-hybridized carbons (Fsp3) is 0.105. The first-order valence-electron chi connectivity index (χ1n) is 7.75. The Morgan fingerprint density at radius 1 is 0.920 bits per heavy atom. The predicted octanol–water partition coefficient (Wildman–Crippen LogP) is 2.85. The average Bonchev–Trinajstić information content (AvgIpc) is 3.02. The SMILES string of the molecule is Cc1c(C(=O)ON2C(=O)c3ccccc3C2=O)c2ccccc2n1C. The van der Waals surface area contributed by atoms with E-state index in [1.165, 1.54) is 12.1 Å². The molecule has 6 heteroatoms. The quantitative estimate of drug-likeness (QED) is 0.676. The van der Waals surface area contributed by atoms with Crippen LogP contribution in [0.25, 0.3) is 10.9 Å². The van der Waals surface area contributed by atoms with Crippen LogP contribution < -0.4 is 0 Å². The second kappa shape index (κ2) is 5.31. The van der Waals surface area contributed by atoms with Crippen LogP contribution in [0.15, 0.2) is 48.5 Å². The van der Waals surface area contributed by atoms with Crippen LogP contribution >= 0.6 is 0 Å². The highest BCUT2D eigenvalue weighted by molar-refractivity contribution is 6.21. The lowest BCUT2D eigenvalue weighted by molar-refractivity contribution is -0.0583. The molecule has 0 aliphatic carbocycles. The van der Waals surface area contributed by atoms with E-state index in [0.717, 1.165) is 5.52 Å². The van der Waals surface area contributed by atoms with Crippen molar-refractivity contribution in [3.63, 3.8) is 0 Å². The number of rotatable bonds is 2. The van der Waals surface area contributed by atoms with Crippen molar-refractivity contribution in [1.29, 1.82) is 0 Å². The molecule has 0 radical (unpaired) electrons. The Hall–Kier alpha value is -3.41. The van der Waals surface area contributed by atoms with Crippen molar-refractivity contribution >= 4 is 28.7 Å². The second-order valence-corrected chi connectivity index (χ2v) is 5.87. The van der Waals surface area contributed by atoms with Crippen molar-refractivity contribution in [3.8, 4) is 0 Å². The summed E-state index contributed by atoms with van der Waals surface area (Å²) in [5.41, 5.74) is 2.37. The summed E-state index contributed by atoms with van der Waals surface area (Å²) in [6.45, 7) is 1.79. The molecule has 0 saturated carbocycles. The number of hydroxylamine groups is 2. The van der Waals surface area contributed by atoms with Crippen LogP contribution in [-0.2, 0) is 11.9 Å².